The van der Waals surface area contributed by atoms with Crippen LogP contribution in [0.15, 0.2) is 90.5 Å². The van der Waals surface area contributed by atoms with Gasteiger partial charge in [-0.15, -0.1) is 0 Å². The zero-order valence-corrected chi connectivity index (χ0v) is 27.8. The Hall–Kier alpha value is -5.85. The first-order valence-corrected chi connectivity index (χ1v) is 15.3. The van der Waals surface area contributed by atoms with Gasteiger partial charge < -0.3 is 42.6 Å². The van der Waals surface area contributed by atoms with Gasteiger partial charge in [-0.2, -0.15) is 0 Å². The minimum Gasteiger partial charge on any atom is -0.497 e. The Labute approximate surface area is 283 Å². The highest BCUT2D eigenvalue weighted by Crippen LogP contribution is 2.45. The molecule has 0 fully saturated rings. The Balaban J connectivity index is 1.60. The lowest BCUT2D eigenvalue weighted by Crippen LogP contribution is -2.50. The number of carbonyl (C=O) groups is 3. The molecule has 13 nitrogen and oxygen atoms in total. The molecule has 1 amide bonds. The van der Waals surface area contributed by atoms with Crippen LogP contribution in [0.5, 0.6) is 23.0 Å². The van der Waals surface area contributed by atoms with E-state index in [1.54, 1.807) is 43.3 Å². The van der Waals surface area contributed by atoms with Crippen molar-refractivity contribution < 1.29 is 57.0 Å². The van der Waals surface area contributed by atoms with Crippen molar-refractivity contribution in [3.05, 3.63) is 107 Å². The molecule has 2 heterocycles. The zero-order chi connectivity index (χ0) is 35.0. The quantitative estimate of drug-likeness (QED) is 0.212. The summed E-state index contributed by atoms with van der Waals surface area (Å²) < 4.78 is 50.3. The van der Waals surface area contributed by atoms with E-state index in [1.807, 2.05) is 30.3 Å². The molecule has 49 heavy (non-hydrogen) atoms. The molecule has 2 aliphatic rings. The molecule has 13 heteroatoms. The van der Waals surface area contributed by atoms with Crippen molar-refractivity contribution in [2.75, 3.05) is 41.8 Å². The summed E-state index contributed by atoms with van der Waals surface area (Å²) in [4.78, 5) is 42.2. The Bertz CT molecular complexity index is 1690. The van der Waals surface area contributed by atoms with Gasteiger partial charge in [0.15, 0.2) is 11.5 Å². The van der Waals surface area contributed by atoms with Gasteiger partial charge >= 0.3 is 23.8 Å². The van der Waals surface area contributed by atoms with E-state index in [0.717, 1.165) is 10.5 Å². The second-order valence-corrected chi connectivity index (χ2v) is 10.7. The van der Waals surface area contributed by atoms with E-state index in [-0.39, 0.29) is 37.7 Å². The topological polar surface area (TPSA) is 138 Å². The number of methoxy groups -OCH3 is 4. The standard InChI is InChI=1S/C36H37NO12/c1-6-46-34(39)28(17-23-10-8-7-9-11-23)37(31-21-45-22-47-31)35(40)49-36(25-12-14-27(41-2)15-13-25)26(20-32(38)48-36)16-24-18-29(42-3)33(44-5)30(19-24)43-4/h7-15,18-21,28H,6,16-17,22H2,1-5H3. The van der Waals surface area contributed by atoms with Gasteiger partial charge in [0.25, 0.3) is 0 Å². The van der Waals surface area contributed by atoms with Gasteiger partial charge in [-0.25, -0.2) is 19.3 Å². The lowest BCUT2D eigenvalue weighted by Gasteiger charge is -2.35. The summed E-state index contributed by atoms with van der Waals surface area (Å²) in [5, 5.41) is 0. The molecule has 2 aliphatic heterocycles. The number of hydrogen-bond donors (Lipinski definition) is 0. The predicted octanol–water partition coefficient (Wildman–Crippen LogP) is 5.02. The van der Waals surface area contributed by atoms with Gasteiger partial charge in [0.1, 0.15) is 18.1 Å². The van der Waals surface area contributed by atoms with Crippen LogP contribution in [0.2, 0.25) is 0 Å². The zero-order valence-electron chi connectivity index (χ0n) is 27.8. The summed E-state index contributed by atoms with van der Waals surface area (Å²) in [5.41, 5.74) is 1.91. The summed E-state index contributed by atoms with van der Waals surface area (Å²) in [6.45, 7) is 1.51. The van der Waals surface area contributed by atoms with E-state index < -0.39 is 29.9 Å². The van der Waals surface area contributed by atoms with Crippen molar-refractivity contribution >= 4 is 18.0 Å². The third kappa shape index (κ3) is 7.35. The fourth-order valence-corrected chi connectivity index (χ4v) is 5.56. The average Bonchev–Trinajstić information content (AvgIpc) is 3.76. The SMILES string of the molecule is CCOC(=O)C(Cc1ccccc1)N(C(=O)OC1(c2ccc(OC)cc2)OC(=O)C=C1Cc1cc(OC)c(OC)c(OC)c1)C1=COCO1. The third-order valence-electron chi connectivity index (χ3n) is 7.81. The molecule has 0 N–H and O–H groups in total. The van der Waals surface area contributed by atoms with Crippen molar-refractivity contribution in [2.45, 2.75) is 31.6 Å². The molecule has 0 spiro atoms. The van der Waals surface area contributed by atoms with Gasteiger partial charge in [-0.1, -0.05) is 30.3 Å². The van der Waals surface area contributed by atoms with Crippen LogP contribution in [0.25, 0.3) is 0 Å². The van der Waals surface area contributed by atoms with Crippen molar-refractivity contribution in [3.8, 4) is 23.0 Å². The van der Waals surface area contributed by atoms with Gasteiger partial charge in [0, 0.05) is 30.1 Å². The van der Waals surface area contributed by atoms with Crippen LogP contribution in [-0.2, 0) is 51.9 Å². The second-order valence-electron chi connectivity index (χ2n) is 10.7. The summed E-state index contributed by atoms with van der Waals surface area (Å²) in [6.07, 6.45) is 1.46. The Morgan fingerprint density at radius 1 is 0.898 bits per heavy atom. The smallest absolute Gasteiger partial charge is 0.421 e. The minimum absolute atomic E-state index is 0.0371. The van der Waals surface area contributed by atoms with E-state index in [9.17, 15) is 14.4 Å². The highest BCUT2D eigenvalue weighted by Gasteiger charge is 2.51. The fourth-order valence-electron chi connectivity index (χ4n) is 5.56. The van der Waals surface area contributed by atoms with Crippen LogP contribution in [0.1, 0.15) is 23.6 Å². The van der Waals surface area contributed by atoms with Crippen LogP contribution >= 0.6 is 0 Å². The maximum absolute atomic E-state index is 14.5. The monoisotopic (exact) mass is 675 g/mol. The third-order valence-corrected chi connectivity index (χ3v) is 7.81. The van der Waals surface area contributed by atoms with Crippen LogP contribution in [0.4, 0.5) is 4.79 Å². The molecule has 3 aromatic rings. The van der Waals surface area contributed by atoms with E-state index in [2.05, 4.69) is 0 Å². The van der Waals surface area contributed by atoms with E-state index in [0.29, 0.717) is 34.1 Å². The normalized spacial score (nSPS) is 17.0. The van der Waals surface area contributed by atoms with Crippen LogP contribution in [-0.4, -0.2) is 70.8 Å². The van der Waals surface area contributed by atoms with Crippen molar-refractivity contribution in [1.29, 1.82) is 0 Å². The van der Waals surface area contributed by atoms with Gasteiger partial charge in [-0.05, 0) is 54.4 Å². The number of ether oxygens (including phenoxy) is 9. The molecule has 0 bridgehead atoms. The molecule has 0 aliphatic carbocycles. The number of esters is 2. The Morgan fingerprint density at radius 2 is 1.59 bits per heavy atom. The average molecular weight is 676 g/mol. The molecule has 0 aromatic heterocycles. The van der Waals surface area contributed by atoms with Crippen LogP contribution in [0.3, 0.4) is 0 Å². The number of hydrogen-bond acceptors (Lipinski definition) is 12. The molecule has 2 unspecified atom stereocenters. The summed E-state index contributed by atoms with van der Waals surface area (Å²) in [7, 11) is 5.97. The van der Waals surface area contributed by atoms with E-state index >= 15 is 0 Å². The van der Waals surface area contributed by atoms with Crippen molar-refractivity contribution in [3.63, 3.8) is 0 Å². The molecule has 0 saturated carbocycles. The number of rotatable bonds is 14. The summed E-state index contributed by atoms with van der Waals surface area (Å²) in [6, 6.07) is 17.7. The first-order valence-electron chi connectivity index (χ1n) is 15.3. The molecular weight excluding hydrogens is 638 g/mol. The lowest BCUT2D eigenvalue weighted by atomic mass is 9.92. The molecule has 2 atom stereocenters. The number of amides is 1. The van der Waals surface area contributed by atoms with Gasteiger partial charge in [0.05, 0.1) is 35.0 Å². The van der Waals surface area contributed by atoms with Gasteiger partial charge in [0.2, 0.25) is 18.4 Å². The number of benzene rings is 3. The van der Waals surface area contributed by atoms with Crippen LogP contribution < -0.4 is 18.9 Å². The first kappa shape index (κ1) is 34.5. The number of nitrogens with zero attached hydrogens (tertiary/aromatic N) is 1. The molecule has 3 aromatic carbocycles. The highest BCUT2D eigenvalue weighted by molar-refractivity contribution is 5.88. The largest absolute Gasteiger partial charge is 0.497 e. The fraction of sp³-hybridized carbons (Fsp3) is 0.306. The predicted molar refractivity (Wildman–Crippen MR) is 173 cm³/mol. The Morgan fingerprint density at radius 3 is 2.16 bits per heavy atom. The molecule has 258 valence electrons. The van der Waals surface area contributed by atoms with Crippen molar-refractivity contribution in [1.82, 2.24) is 4.90 Å². The maximum atomic E-state index is 14.5. The summed E-state index contributed by atoms with van der Waals surface area (Å²) >= 11 is 0. The highest BCUT2D eigenvalue weighted by atomic mass is 16.8. The first-order chi connectivity index (χ1) is 23.8. The van der Waals surface area contributed by atoms with Gasteiger partial charge in [-0.3, -0.25) is 0 Å². The number of cyclic esters (lactones) is 1. The molecule has 0 radical (unpaired) electrons. The molecular formula is C36H37NO12. The number of carbonyl (C=O) groups excluding carboxylic acids is 3. The maximum Gasteiger partial charge on any atom is 0.421 e. The van der Waals surface area contributed by atoms with Crippen LogP contribution in [0, 0.1) is 0 Å². The van der Waals surface area contributed by atoms with E-state index in [4.69, 9.17) is 42.6 Å². The molecule has 0 saturated heterocycles. The second kappa shape index (κ2) is 15.4. The minimum atomic E-state index is -2.09. The molecule has 5 rings (SSSR count). The van der Waals surface area contributed by atoms with Crippen molar-refractivity contribution in [2.24, 2.45) is 0 Å². The Kier molecular flexibility index (Phi) is 10.8. The lowest BCUT2D eigenvalue weighted by molar-refractivity contribution is -0.190. The summed E-state index contributed by atoms with van der Waals surface area (Å²) in [5.74, 6) is -2.01. The van der Waals surface area contributed by atoms with E-state index in [1.165, 1.54) is 40.8 Å².